The van der Waals surface area contributed by atoms with Crippen molar-refractivity contribution in [3.63, 3.8) is 0 Å². The molecule has 6 nitrogen and oxygen atoms in total. The second-order valence-corrected chi connectivity index (χ2v) is 18.0. The zero-order valence-electron chi connectivity index (χ0n) is 29.5. The molecule has 8 aromatic rings. The highest BCUT2D eigenvalue weighted by Gasteiger charge is 2.42. The molecule has 51 heavy (non-hydrogen) atoms. The van der Waals surface area contributed by atoms with E-state index in [1.165, 1.54) is 26.3 Å². The van der Waals surface area contributed by atoms with Crippen molar-refractivity contribution in [2.45, 2.75) is 33.1 Å². The van der Waals surface area contributed by atoms with Crippen LogP contribution in [0.1, 0.15) is 37.7 Å². The Hall–Kier alpha value is -6.10. The van der Waals surface area contributed by atoms with E-state index >= 15 is 0 Å². The fourth-order valence-electron chi connectivity index (χ4n) is 7.61. The fourth-order valence-corrected chi connectivity index (χ4v) is 12.4. The molecule has 0 spiro atoms. The summed E-state index contributed by atoms with van der Waals surface area (Å²) in [6.45, 7) is 8.61. The van der Waals surface area contributed by atoms with E-state index in [1.807, 2.05) is 37.0 Å². The molecule has 0 aliphatic rings. The average Bonchev–Trinajstić information content (AvgIpc) is 3.67. The lowest BCUT2D eigenvalue weighted by atomic mass is 9.88. The molecule has 0 bridgehead atoms. The first kappa shape index (κ1) is 32.1. The van der Waals surface area contributed by atoms with Crippen LogP contribution < -0.4 is 20.7 Å². The molecule has 5 aromatic carbocycles. The Labute approximate surface area is 299 Å². The highest BCUT2D eigenvalue weighted by molar-refractivity contribution is 7.20. The molecular weight excluding hydrogens is 641 g/mol. The van der Waals surface area contributed by atoms with Gasteiger partial charge >= 0.3 is 0 Å². The predicted octanol–water partition coefficient (Wildman–Crippen LogP) is 6.83. The van der Waals surface area contributed by atoms with Crippen LogP contribution in [0.15, 0.2) is 140 Å². The van der Waals surface area contributed by atoms with Crippen LogP contribution in [-0.4, -0.2) is 32.4 Å². The van der Waals surface area contributed by atoms with Crippen LogP contribution in [0.2, 0.25) is 0 Å². The number of rotatable bonds is 6. The predicted molar refractivity (Wildman–Crippen MR) is 210 cm³/mol. The number of fused-ring (bicyclic) bond motifs is 3. The summed E-state index contributed by atoms with van der Waals surface area (Å²) < 4.78 is 4.14. The summed E-state index contributed by atoms with van der Waals surface area (Å²) in [5, 5.41) is 21.6. The zero-order valence-corrected chi connectivity index (χ0v) is 30.5. The molecule has 7 heteroatoms. The van der Waals surface area contributed by atoms with Gasteiger partial charge in [0.2, 0.25) is 0 Å². The van der Waals surface area contributed by atoms with Gasteiger partial charge in [-0.1, -0.05) is 118 Å². The molecule has 3 aromatic heterocycles. The number of benzene rings is 5. The van der Waals surface area contributed by atoms with E-state index in [-0.39, 0.29) is 5.41 Å². The summed E-state index contributed by atoms with van der Waals surface area (Å²) >= 11 is 0. The summed E-state index contributed by atoms with van der Waals surface area (Å²) in [4.78, 5) is 9.76. The molecule has 0 atom stereocenters. The van der Waals surface area contributed by atoms with E-state index in [1.54, 1.807) is 0 Å². The van der Waals surface area contributed by atoms with Crippen molar-refractivity contribution in [1.29, 1.82) is 5.26 Å². The minimum Gasteiger partial charge on any atom is -0.294 e. The summed E-state index contributed by atoms with van der Waals surface area (Å²) in [6.07, 6.45) is 1.91. The molecular formula is C44H38N6Si. The summed E-state index contributed by atoms with van der Waals surface area (Å²) in [5.41, 5.74) is 4.90. The van der Waals surface area contributed by atoms with Crippen LogP contribution in [0.25, 0.3) is 39.0 Å². The molecule has 3 heterocycles. The lowest BCUT2D eigenvalue weighted by Gasteiger charge is -2.34. The van der Waals surface area contributed by atoms with Crippen LogP contribution in [0.4, 0.5) is 0 Å². The summed E-state index contributed by atoms with van der Waals surface area (Å²) in [5.74, 6) is 2.44. The van der Waals surface area contributed by atoms with Gasteiger partial charge < -0.3 is 0 Å². The minimum absolute atomic E-state index is 0.0510. The Morgan fingerprint density at radius 2 is 1.35 bits per heavy atom. The van der Waals surface area contributed by atoms with E-state index in [9.17, 15) is 5.26 Å². The lowest BCUT2D eigenvalue weighted by Crippen LogP contribution is -2.74. The Balaban J connectivity index is 1.49. The van der Waals surface area contributed by atoms with Gasteiger partial charge in [-0.3, -0.25) is 4.57 Å². The number of pyridine rings is 1. The Morgan fingerprint density at radius 1 is 0.667 bits per heavy atom. The van der Waals surface area contributed by atoms with Gasteiger partial charge in [0.15, 0.2) is 13.9 Å². The molecule has 0 saturated heterocycles. The van der Waals surface area contributed by atoms with Gasteiger partial charge in [-0.15, -0.1) is 0 Å². The SMILES string of the molecule is Cc1nc(-c2cccc([Si](c3ccccc3)(c3ccccc3)c3ccc4c5cc(C#N)ccc5n(-c5cc(C(C)(C)C)ccn5)c4c3)c2)n(C)n1. The van der Waals surface area contributed by atoms with Gasteiger partial charge in [0, 0.05) is 29.6 Å². The monoisotopic (exact) mass is 678 g/mol. The molecule has 0 N–H and O–H groups in total. The number of hydrogen-bond acceptors (Lipinski definition) is 4. The summed E-state index contributed by atoms with van der Waals surface area (Å²) in [6, 6.07) is 50.4. The third kappa shape index (κ3) is 5.36. The number of nitriles is 1. The molecule has 8 rings (SSSR count). The minimum atomic E-state index is -2.97. The molecule has 0 aliphatic heterocycles. The van der Waals surface area contributed by atoms with Crippen LogP contribution in [0.5, 0.6) is 0 Å². The number of aromatic nitrogens is 5. The highest BCUT2D eigenvalue weighted by atomic mass is 28.3. The van der Waals surface area contributed by atoms with E-state index < -0.39 is 8.07 Å². The van der Waals surface area contributed by atoms with Crippen LogP contribution in [-0.2, 0) is 12.5 Å². The van der Waals surface area contributed by atoms with Crippen molar-refractivity contribution in [3.8, 4) is 23.3 Å². The quantitative estimate of drug-likeness (QED) is 0.143. The molecule has 0 fully saturated rings. The highest BCUT2D eigenvalue weighted by Crippen LogP contribution is 2.33. The molecule has 248 valence electrons. The first-order valence-corrected chi connectivity index (χ1v) is 19.2. The number of hydrogen-bond donors (Lipinski definition) is 0. The third-order valence-corrected chi connectivity index (χ3v) is 14.8. The largest absolute Gasteiger partial charge is 0.294 e. The maximum atomic E-state index is 9.90. The van der Waals surface area contributed by atoms with Crippen LogP contribution in [0, 0.1) is 18.3 Å². The van der Waals surface area contributed by atoms with Crippen LogP contribution >= 0.6 is 0 Å². The van der Waals surface area contributed by atoms with Crippen molar-refractivity contribution in [3.05, 3.63) is 157 Å². The molecule has 0 aliphatic carbocycles. The van der Waals surface area contributed by atoms with Crippen molar-refractivity contribution < 1.29 is 0 Å². The normalized spacial score (nSPS) is 12.0. The molecule has 0 radical (unpaired) electrons. The van der Waals surface area contributed by atoms with E-state index in [0.717, 1.165) is 44.8 Å². The molecule has 0 saturated carbocycles. The lowest BCUT2D eigenvalue weighted by molar-refractivity contribution is 0.588. The van der Waals surface area contributed by atoms with Gasteiger partial charge in [-0.2, -0.15) is 10.4 Å². The van der Waals surface area contributed by atoms with Crippen molar-refractivity contribution in [2.75, 3.05) is 0 Å². The maximum absolute atomic E-state index is 9.90. The van der Waals surface area contributed by atoms with Gasteiger partial charge in [0.1, 0.15) is 11.6 Å². The maximum Gasteiger partial charge on any atom is 0.179 e. The van der Waals surface area contributed by atoms with E-state index in [4.69, 9.17) is 9.97 Å². The second-order valence-electron chi connectivity index (χ2n) is 14.2. The van der Waals surface area contributed by atoms with Crippen molar-refractivity contribution in [2.24, 2.45) is 7.05 Å². The Bertz CT molecular complexity index is 2570. The van der Waals surface area contributed by atoms with Gasteiger partial charge in [0.05, 0.1) is 22.7 Å². The third-order valence-electron chi connectivity index (χ3n) is 10.0. The fraction of sp³-hybridized carbons (Fsp3) is 0.136. The van der Waals surface area contributed by atoms with Gasteiger partial charge in [-0.25, -0.2) is 14.6 Å². The first-order valence-electron chi connectivity index (χ1n) is 17.2. The first-order chi connectivity index (χ1) is 24.7. The molecule has 0 amide bonds. The number of nitrogens with zero attached hydrogens (tertiary/aromatic N) is 6. The second kappa shape index (κ2) is 12.3. The van der Waals surface area contributed by atoms with Crippen molar-refractivity contribution >= 4 is 50.6 Å². The molecule has 0 unspecified atom stereocenters. The summed E-state index contributed by atoms with van der Waals surface area (Å²) in [7, 11) is -1.01. The zero-order chi connectivity index (χ0) is 35.3. The number of aryl methyl sites for hydroxylation is 2. The van der Waals surface area contributed by atoms with Gasteiger partial charge in [0.25, 0.3) is 0 Å². The van der Waals surface area contributed by atoms with E-state index in [0.29, 0.717) is 5.56 Å². The Kier molecular flexibility index (Phi) is 7.77. The smallest absolute Gasteiger partial charge is 0.179 e. The van der Waals surface area contributed by atoms with Crippen molar-refractivity contribution in [1.82, 2.24) is 24.3 Å². The van der Waals surface area contributed by atoms with Gasteiger partial charge in [-0.05, 0) is 75.0 Å². The topological polar surface area (TPSA) is 72.3 Å². The van der Waals surface area contributed by atoms with Crippen LogP contribution in [0.3, 0.4) is 0 Å². The average molecular weight is 679 g/mol. The van der Waals surface area contributed by atoms with E-state index in [2.05, 4.69) is 158 Å². The standard InChI is InChI=1S/C44H38N6Si/c1-30-47-43(49(5)48-30)32-13-12-18-36(26-32)51(34-14-8-6-9-15-34,35-16-10-7-11-17-35)37-20-21-38-39-25-31(29-45)19-22-40(39)50(41(38)28-37)42-27-33(23-24-46-42)44(2,3)4/h6-28H,1-5H3. The Morgan fingerprint density at radius 3 is 2.00 bits per heavy atom.